The number of anilines is 1. The second-order valence-electron chi connectivity index (χ2n) is 3.90. The van der Waals surface area contributed by atoms with Crippen LogP contribution in [0.1, 0.15) is 0 Å². The van der Waals surface area contributed by atoms with Gasteiger partial charge in [0.1, 0.15) is 11.3 Å². The number of imidazole rings is 1. The molecule has 1 aromatic carbocycles. The van der Waals surface area contributed by atoms with Crippen LogP contribution in [0.2, 0.25) is 5.02 Å². The van der Waals surface area contributed by atoms with E-state index in [2.05, 4.69) is 25.9 Å². The van der Waals surface area contributed by atoms with Crippen LogP contribution in [0.5, 0.6) is 0 Å². The zero-order valence-electron chi connectivity index (χ0n) is 9.44. The van der Waals surface area contributed by atoms with Gasteiger partial charge in [-0.15, -0.1) is 0 Å². The van der Waals surface area contributed by atoms with Crippen molar-refractivity contribution in [3.63, 3.8) is 0 Å². The highest BCUT2D eigenvalue weighted by molar-refractivity contribution is 9.10. The number of nitrogen functional groups attached to an aromatic ring is 1. The molecule has 0 saturated carbocycles. The molecule has 0 bridgehead atoms. The topological polar surface area (TPSA) is 56.7 Å². The largest absolute Gasteiger partial charge is 0.369 e. The Hall–Kier alpha value is -1.66. The average molecular weight is 342 g/mol. The van der Waals surface area contributed by atoms with Crippen LogP contribution in [0.3, 0.4) is 0 Å². The van der Waals surface area contributed by atoms with Gasteiger partial charge in [0.15, 0.2) is 5.65 Å². The molecule has 0 fully saturated rings. The molecule has 2 N–H and O–H groups in total. The Bertz CT molecular complexity index is 787. The zero-order chi connectivity index (χ0) is 13.6. The fourth-order valence-electron chi connectivity index (χ4n) is 1.85. The number of hydrogen-bond donors (Lipinski definition) is 1. The van der Waals surface area contributed by atoms with Crippen molar-refractivity contribution in [1.82, 2.24) is 14.5 Å². The molecule has 0 unspecified atom stereocenters. The maximum Gasteiger partial charge on any atom is 0.207 e. The van der Waals surface area contributed by atoms with Gasteiger partial charge >= 0.3 is 0 Å². The Morgan fingerprint density at radius 3 is 2.89 bits per heavy atom. The van der Waals surface area contributed by atoms with Gasteiger partial charge in [0, 0.05) is 10.7 Å². The molecule has 0 atom stereocenters. The lowest BCUT2D eigenvalue weighted by atomic mass is 10.3. The summed E-state index contributed by atoms with van der Waals surface area (Å²) in [4.78, 5) is 8.37. The minimum Gasteiger partial charge on any atom is -0.369 e. The molecule has 0 aliphatic carbocycles. The molecular formula is C12H7BrClFN4. The van der Waals surface area contributed by atoms with E-state index >= 15 is 0 Å². The van der Waals surface area contributed by atoms with E-state index in [1.54, 1.807) is 16.7 Å². The molecule has 2 heterocycles. The molecule has 3 rings (SSSR count). The van der Waals surface area contributed by atoms with Gasteiger partial charge in [-0.3, -0.25) is 4.57 Å². The van der Waals surface area contributed by atoms with Gasteiger partial charge in [0.2, 0.25) is 5.95 Å². The summed E-state index contributed by atoms with van der Waals surface area (Å²) in [6.45, 7) is 0. The lowest BCUT2D eigenvalue weighted by Gasteiger charge is -2.08. The summed E-state index contributed by atoms with van der Waals surface area (Å²) in [5.74, 6) is -0.149. The molecule has 0 aliphatic rings. The van der Waals surface area contributed by atoms with E-state index in [9.17, 15) is 4.39 Å². The third-order valence-corrected chi connectivity index (χ3v) is 3.52. The summed E-state index contributed by atoms with van der Waals surface area (Å²) in [5.41, 5.74) is 7.49. The van der Waals surface area contributed by atoms with Gasteiger partial charge in [0.25, 0.3) is 0 Å². The number of halogens is 3. The predicted octanol–water partition coefficient (Wildman–Crippen LogP) is 3.56. The molecule has 4 nitrogen and oxygen atoms in total. The first-order valence-corrected chi connectivity index (χ1v) is 6.48. The van der Waals surface area contributed by atoms with Crippen molar-refractivity contribution < 1.29 is 4.39 Å². The minimum atomic E-state index is -0.367. The van der Waals surface area contributed by atoms with Gasteiger partial charge in [-0.05, 0) is 40.2 Å². The smallest absolute Gasteiger partial charge is 0.207 e. The second-order valence-corrected chi connectivity index (χ2v) is 5.19. The summed E-state index contributed by atoms with van der Waals surface area (Å²) >= 11 is 9.22. The van der Waals surface area contributed by atoms with E-state index in [4.69, 9.17) is 17.3 Å². The number of benzene rings is 1. The molecule has 0 aliphatic heterocycles. The first-order chi connectivity index (χ1) is 9.06. The summed E-state index contributed by atoms with van der Waals surface area (Å²) in [7, 11) is 0. The van der Waals surface area contributed by atoms with Crippen LogP contribution in [0.25, 0.3) is 16.9 Å². The highest BCUT2D eigenvalue weighted by Gasteiger charge is 2.14. The summed E-state index contributed by atoms with van der Waals surface area (Å²) in [6.07, 6.45) is 1.49. The maximum absolute atomic E-state index is 13.4. The summed E-state index contributed by atoms with van der Waals surface area (Å²) in [6, 6.07) is 5.97. The normalized spacial score (nSPS) is 11.1. The molecule has 0 radical (unpaired) electrons. The molecule has 0 amide bonds. The van der Waals surface area contributed by atoms with Crippen molar-refractivity contribution >= 4 is 44.6 Å². The number of fused-ring (bicyclic) bond motifs is 1. The van der Waals surface area contributed by atoms with E-state index in [-0.39, 0.29) is 11.8 Å². The number of rotatable bonds is 1. The lowest BCUT2D eigenvalue weighted by Crippen LogP contribution is -2.02. The maximum atomic E-state index is 13.4. The van der Waals surface area contributed by atoms with Gasteiger partial charge < -0.3 is 5.73 Å². The van der Waals surface area contributed by atoms with Crippen LogP contribution >= 0.6 is 27.5 Å². The van der Waals surface area contributed by atoms with E-state index in [1.165, 1.54) is 18.3 Å². The van der Waals surface area contributed by atoms with Crippen molar-refractivity contribution in [2.24, 2.45) is 0 Å². The molecule has 7 heteroatoms. The van der Waals surface area contributed by atoms with Gasteiger partial charge in [-0.1, -0.05) is 11.6 Å². The first-order valence-electron chi connectivity index (χ1n) is 5.31. The van der Waals surface area contributed by atoms with Crippen LogP contribution in [0.4, 0.5) is 10.3 Å². The molecule has 0 saturated heterocycles. The van der Waals surface area contributed by atoms with E-state index in [0.717, 1.165) is 0 Å². The third-order valence-electron chi connectivity index (χ3n) is 2.64. The molecular weight excluding hydrogens is 335 g/mol. The number of pyridine rings is 1. The van der Waals surface area contributed by atoms with Crippen molar-refractivity contribution in [3.8, 4) is 5.69 Å². The Kier molecular flexibility index (Phi) is 2.91. The van der Waals surface area contributed by atoms with Gasteiger partial charge in [-0.25, -0.2) is 14.4 Å². The Labute approximate surface area is 121 Å². The van der Waals surface area contributed by atoms with E-state index in [1.807, 2.05) is 0 Å². The van der Waals surface area contributed by atoms with Crippen LogP contribution in [-0.2, 0) is 0 Å². The van der Waals surface area contributed by atoms with Crippen LogP contribution < -0.4 is 5.73 Å². The fraction of sp³-hybridized carbons (Fsp3) is 0. The minimum absolute atomic E-state index is 0.219. The Morgan fingerprint density at radius 1 is 1.32 bits per heavy atom. The van der Waals surface area contributed by atoms with Gasteiger partial charge in [0.05, 0.1) is 10.7 Å². The first kappa shape index (κ1) is 12.4. The van der Waals surface area contributed by atoms with Crippen molar-refractivity contribution in [1.29, 1.82) is 0 Å². The molecule has 0 spiro atoms. The van der Waals surface area contributed by atoms with Crippen molar-refractivity contribution in [3.05, 3.63) is 45.8 Å². The zero-order valence-corrected chi connectivity index (χ0v) is 11.8. The molecule has 96 valence electrons. The van der Waals surface area contributed by atoms with Crippen LogP contribution in [0, 0.1) is 5.82 Å². The van der Waals surface area contributed by atoms with Crippen molar-refractivity contribution in [2.45, 2.75) is 0 Å². The standard InChI is InChI=1S/C12H7BrClFN4/c13-8-2-1-7(15)4-10(8)19-11-9(18-12(19)16)3-6(14)5-17-11/h1-5H,(H2,16,18). The molecule has 3 aromatic rings. The Balaban J connectivity index is 2.36. The second kappa shape index (κ2) is 4.47. The number of nitrogens with two attached hydrogens (primary N) is 1. The number of nitrogens with zero attached hydrogens (tertiary/aromatic N) is 3. The predicted molar refractivity (Wildman–Crippen MR) is 75.9 cm³/mol. The quantitative estimate of drug-likeness (QED) is 0.736. The number of hydrogen-bond acceptors (Lipinski definition) is 3. The Morgan fingerprint density at radius 2 is 2.11 bits per heavy atom. The molecule has 19 heavy (non-hydrogen) atoms. The van der Waals surface area contributed by atoms with Crippen molar-refractivity contribution in [2.75, 3.05) is 5.73 Å². The average Bonchev–Trinajstić information content (AvgIpc) is 2.67. The van der Waals surface area contributed by atoms with E-state index < -0.39 is 0 Å². The number of aromatic nitrogens is 3. The van der Waals surface area contributed by atoms with Crippen LogP contribution in [0.15, 0.2) is 34.9 Å². The summed E-state index contributed by atoms with van der Waals surface area (Å²) in [5, 5.41) is 0.468. The summed E-state index contributed by atoms with van der Waals surface area (Å²) < 4.78 is 15.7. The SMILES string of the molecule is Nc1nc2cc(Cl)cnc2n1-c1cc(F)ccc1Br. The fourth-order valence-corrected chi connectivity index (χ4v) is 2.43. The van der Waals surface area contributed by atoms with Crippen LogP contribution in [-0.4, -0.2) is 14.5 Å². The molecule has 2 aromatic heterocycles. The third kappa shape index (κ3) is 2.06. The highest BCUT2D eigenvalue weighted by atomic mass is 79.9. The van der Waals surface area contributed by atoms with E-state index in [0.29, 0.717) is 26.3 Å². The van der Waals surface area contributed by atoms with Gasteiger partial charge in [-0.2, -0.15) is 0 Å². The lowest BCUT2D eigenvalue weighted by molar-refractivity contribution is 0.626. The monoisotopic (exact) mass is 340 g/mol. The highest BCUT2D eigenvalue weighted by Crippen LogP contribution is 2.28.